The third-order valence-corrected chi connectivity index (χ3v) is 5.99. The van der Waals surface area contributed by atoms with Gasteiger partial charge in [0.1, 0.15) is 12.0 Å². The summed E-state index contributed by atoms with van der Waals surface area (Å²) >= 11 is 2.16. The molecule has 156 valence electrons. The Balaban J connectivity index is 1.58. The molecule has 1 aromatic heterocycles. The van der Waals surface area contributed by atoms with Gasteiger partial charge in [-0.3, -0.25) is 14.8 Å². The number of halogens is 1. The van der Waals surface area contributed by atoms with E-state index < -0.39 is 0 Å². The van der Waals surface area contributed by atoms with Gasteiger partial charge in [-0.05, 0) is 71.3 Å². The molecule has 30 heavy (non-hydrogen) atoms. The normalized spacial score (nSPS) is 16.7. The van der Waals surface area contributed by atoms with Crippen LogP contribution in [0.15, 0.2) is 46.2 Å². The summed E-state index contributed by atoms with van der Waals surface area (Å²) in [6.07, 6.45) is 3.51. The fraction of sp³-hybridized carbons (Fsp3) is 0.273. The van der Waals surface area contributed by atoms with Crippen molar-refractivity contribution in [3.05, 3.63) is 61.4 Å². The van der Waals surface area contributed by atoms with Crippen LogP contribution in [0.25, 0.3) is 10.8 Å². The number of ether oxygens (including phenoxy) is 1. The third-order valence-electron chi connectivity index (χ3n) is 5.32. The summed E-state index contributed by atoms with van der Waals surface area (Å²) in [6, 6.07) is 10.9. The molecule has 1 unspecified atom stereocenters. The number of aromatic hydroxyl groups is 2. The average Bonchev–Trinajstić information content (AvgIpc) is 3.19. The maximum absolute atomic E-state index is 12.1. The minimum atomic E-state index is -0.340. The lowest BCUT2D eigenvalue weighted by Crippen LogP contribution is -2.30. The zero-order chi connectivity index (χ0) is 21.3. The summed E-state index contributed by atoms with van der Waals surface area (Å²) in [5.74, 6) is -0.0189. The largest absolute Gasteiger partial charge is 0.506 e. The van der Waals surface area contributed by atoms with Crippen LogP contribution < -0.4 is 10.5 Å². The molecule has 1 aliphatic rings. The number of aliphatic imine (C=N–C) groups is 1. The maximum Gasteiger partial charge on any atom is 0.258 e. The number of H-pyrrole nitrogens is 1. The number of anilines is 1. The summed E-state index contributed by atoms with van der Waals surface area (Å²) < 4.78 is 6.44. The number of hydrogen-bond acceptors (Lipinski definition) is 6. The van der Waals surface area contributed by atoms with Crippen molar-refractivity contribution in [1.82, 2.24) is 4.98 Å². The van der Waals surface area contributed by atoms with Crippen molar-refractivity contribution < 1.29 is 14.9 Å². The first kappa shape index (κ1) is 20.7. The molecule has 0 aliphatic carbocycles. The Kier molecular flexibility index (Phi) is 5.96. The van der Waals surface area contributed by atoms with Crippen LogP contribution in [0.4, 0.5) is 5.69 Å². The Bertz CT molecular complexity index is 1170. The zero-order valence-corrected chi connectivity index (χ0v) is 18.6. The van der Waals surface area contributed by atoms with E-state index >= 15 is 0 Å². The second-order valence-corrected chi connectivity index (χ2v) is 8.47. The molecule has 7 nitrogen and oxygen atoms in total. The smallest absolute Gasteiger partial charge is 0.258 e. The van der Waals surface area contributed by atoms with E-state index in [1.807, 2.05) is 24.3 Å². The molecule has 1 aliphatic heterocycles. The molecule has 0 bridgehead atoms. The summed E-state index contributed by atoms with van der Waals surface area (Å²) in [7, 11) is 1.68. The van der Waals surface area contributed by atoms with Crippen molar-refractivity contribution in [3.8, 4) is 11.6 Å². The van der Waals surface area contributed by atoms with Gasteiger partial charge in [0, 0.05) is 34.2 Å². The van der Waals surface area contributed by atoms with E-state index in [0.717, 1.165) is 34.2 Å². The van der Waals surface area contributed by atoms with Crippen molar-refractivity contribution in [3.63, 3.8) is 0 Å². The van der Waals surface area contributed by atoms with E-state index in [4.69, 9.17) is 4.74 Å². The Hall–Kier alpha value is -2.59. The molecule has 1 saturated heterocycles. The molecule has 0 amide bonds. The molecule has 3 N–H and O–H groups in total. The highest BCUT2D eigenvalue weighted by Gasteiger charge is 2.26. The SMILES string of the molecule is COC1CCCN1c1ccc(CN=Cc2c(O)[nH]c(=O)c3ccc(I)cc23)cc1O. The highest BCUT2D eigenvalue weighted by molar-refractivity contribution is 14.1. The molecule has 2 aromatic carbocycles. The van der Waals surface area contributed by atoms with Gasteiger partial charge >= 0.3 is 0 Å². The number of phenolic OH excluding ortho intramolecular Hbond substituents is 1. The quantitative estimate of drug-likeness (QED) is 0.353. The minimum Gasteiger partial charge on any atom is -0.506 e. The third kappa shape index (κ3) is 4.01. The van der Waals surface area contributed by atoms with Gasteiger partial charge in [-0.25, -0.2) is 0 Å². The number of benzene rings is 2. The van der Waals surface area contributed by atoms with Crippen LogP contribution in [-0.4, -0.2) is 41.3 Å². The fourth-order valence-electron chi connectivity index (χ4n) is 3.85. The lowest BCUT2D eigenvalue weighted by molar-refractivity contribution is 0.111. The Morgan fingerprint density at radius 3 is 2.87 bits per heavy atom. The summed E-state index contributed by atoms with van der Waals surface area (Å²) in [4.78, 5) is 21.0. The molecular formula is C22H22IN3O4. The first-order valence-electron chi connectivity index (χ1n) is 9.63. The van der Waals surface area contributed by atoms with E-state index in [1.54, 1.807) is 25.5 Å². The molecule has 2 heterocycles. The molecule has 1 fully saturated rings. The van der Waals surface area contributed by atoms with Gasteiger partial charge in [0.05, 0.1) is 17.8 Å². The first-order valence-corrected chi connectivity index (χ1v) is 10.7. The van der Waals surface area contributed by atoms with E-state index in [-0.39, 0.29) is 23.4 Å². The van der Waals surface area contributed by atoms with Crippen molar-refractivity contribution in [2.45, 2.75) is 25.6 Å². The second kappa shape index (κ2) is 8.65. The highest BCUT2D eigenvalue weighted by Crippen LogP contribution is 2.34. The Labute approximate surface area is 187 Å². The summed E-state index contributed by atoms with van der Waals surface area (Å²) in [6.45, 7) is 1.17. The van der Waals surface area contributed by atoms with Crippen LogP contribution in [0.1, 0.15) is 24.0 Å². The van der Waals surface area contributed by atoms with Crippen LogP contribution in [0.3, 0.4) is 0 Å². The van der Waals surface area contributed by atoms with Crippen LogP contribution in [-0.2, 0) is 11.3 Å². The topological polar surface area (TPSA) is 98.2 Å². The van der Waals surface area contributed by atoms with Gasteiger partial charge in [-0.15, -0.1) is 0 Å². The van der Waals surface area contributed by atoms with E-state index in [2.05, 4.69) is 37.5 Å². The van der Waals surface area contributed by atoms with Crippen molar-refractivity contribution in [2.75, 3.05) is 18.6 Å². The molecule has 3 aromatic rings. The molecule has 0 radical (unpaired) electrons. The lowest BCUT2D eigenvalue weighted by Gasteiger charge is -2.26. The predicted octanol–water partition coefficient (Wildman–Crippen LogP) is 3.74. The number of nitrogens with zero attached hydrogens (tertiary/aromatic N) is 2. The Morgan fingerprint density at radius 1 is 1.27 bits per heavy atom. The van der Waals surface area contributed by atoms with E-state index in [1.165, 1.54) is 0 Å². The number of aromatic nitrogens is 1. The molecule has 0 saturated carbocycles. The highest BCUT2D eigenvalue weighted by atomic mass is 127. The Morgan fingerprint density at radius 2 is 2.10 bits per heavy atom. The fourth-order valence-corrected chi connectivity index (χ4v) is 4.34. The molecule has 8 heteroatoms. The average molecular weight is 519 g/mol. The van der Waals surface area contributed by atoms with E-state index in [0.29, 0.717) is 22.9 Å². The van der Waals surface area contributed by atoms with E-state index in [9.17, 15) is 15.0 Å². The molecule has 4 rings (SSSR count). The van der Waals surface area contributed by atoms with Crippen LogP contribution in [0.5, 0.6) is 11.6 Å². The van der Waals surface area contributed by atoms with Crippen molar-refractivity contribution in [1.29, 1.82) is 0 Å². The van der Waals surface area contributed by atoms with Gasteiger partial charge in [-0.2, -0.15) is 0 Å². The van der Waals surface area contributed by atoms with Crippen LogP contribution in [0.2, 0.25) is 0 Å². The number of phenols is 1. The number of fused-ring (bicyclic) bond motifs is 1. The maximum atomic E-state index is 12.1. The number of hydrogen-bond donors (Lipinski definition) is 3. The second-order valence-electron chi connectivity index (χ2n) is 7.23. The van der Waals surface area contributed by atoms with Gasteiger partial charge in [0.15, 0.2) is 0 Å². The van der Waals surface area contributed by atoms with Crippen molar-refractivity contribution >= 4 is 45.3 Å². The van der Waals surface area contributed by atoms with Crippen LogP contribution >= 0.6 is 22.6 Å². The number of rotatable bonds is 5. The van der Waals surface area contributed by atoms with Crippen molar-refractivity contribution in [2.24, 2.45) is 4.99 Å². The van der Waals surface area contributed by atoms with Gasteiger partial charge in [-0.1, -0.05) is 6.07 Å². The van der Waals surface area contributed by atoms with Gasteiger partial charge < -0.3 is 19.8 Å². The summed E-state index contributed by atoms with van der Waals surface area (Å²) in [5, 5.41) is 21.9. The standard InChI is InChI=1S/C22H22IN3O4/c1-30-20-3-2-8-26(20)18-7-4-13(9-19(18)27)11-24-12-17-16-10-14(23)5-6-15(16)21(28)25-22(17)29/h4-7,9-10,12,20,27H,2-3,8,11H2,1H3,(H2,25,28,29). The summed E-state index contributed by atoms with van der Waals surface area (Å²) in [5.41, 5.74) is 1.71. The molecule has 0 spiro atoms. The van der Waals surface area contributed by atoms with Crippen LogP contribution in [0, 0.1) is 3.57 Å². The predicted molar refractivity (Wildman–Crippen MR) is 126 cm³/mol. The monoisotopic (exact) mass is 519 g/mol. The van der Waals surface area contributed by atoms with Gasteiger partial charge in [0.2, 0.25) is 5.88 Å². The number of aromatic amines is 1. The lowest BCUT2D eigenvalue weighted by atomic mass is 10.1. The van der Waals surface area contributed by atoms with Gasteiger partial charge in [0.25, 0.3) is 5.56 Å². The number of pyridine rings is 1. The number of methoxy groups -OCH3 is 1. The first-order chi connectivity index (χ1) is 14.5. The minimum absolute atomic E-state index is 0.0148. The molecular weight excluding hydrogens is 497 g/mol. The number of nitrogens with one attached hydrogen (secondary N) is 1. The molecule has 1 atom stereocenters. The zero-order valence-electron chi connectivity index (χ0n) is 16.4.